The summed E-state index contributed by atoms with van der Waals surface area (Å²) in [4.78, 5) is 72.2. The monoisotopic (exact) mass is 1910 g/mol. The number of amides is 6. The van der Waals surface area contributed by atoms with E-state index in [0.717, 1.165) is 60.9 Å². The minimum Gasteiger partial charge on any atom is -0.491 e. The molecule has 0 saturated heterocycles. The van der Waals surface area contributed by atoms with Gasteiger partial charge < -0.3 is 104 Å². The second-order valence-electron chi connectivity index (χ2n) is 31.5. The molecule has 6 amide bonds. The van der Waals surface area contributed by atoms with Crippen LogP contribution in [0.3, 0.4) is 0 Å². The Hall–Kier alpha value is -15.2. The molecule has 36 nitrogen and oxygen atoms in total. The van der Waals surface area contributed by atoms with Crippen molar-refractivity contribution in [1.82, 2.24) is 82.3 Å². The molecule has 5 atom stereocenters. The Morgan fingerprint density at radius 3 is 1.21 bits per heavy atom. The van der Waals surface area contributed by atoms with Gasteiger partial charge in [0.15, 0.2) is 23.0 Å². The number of thiazole rings is 3. The quantitative estimate of drug-likeness (QED) is 0.0174. The Labute approximate surface area is 795 Å². The number of primary amides is 2. The van der Waals surface area contributed by atoms with Crippen molar-refractivity contribution >= 4 is 75.2 Å². The fourth-order valence-electron chi connectivity index (χ4n) is 12.0. The van der Waals surface area contributed by atoms with Crippen molar-refractivity contribution in [2.45, 2.75) is 166 Å². The van der Waals surface area contributed by atoms with Crippen molar-refractivity contribution in [3.8, 4) is 128 Å². The average Bonchev–Trinajstić information content (AvgIpc) is 1.79. The number of nitrogens with one attached hydrogen (secondary N) is 5. The molecule has 0 fully saturated rings. The number of ether oxygens (including phenoxy) is 8. The molecule has 0 aliphatic heterocycles. The lowest BCUT2D eigenvalue weighted by molar-refractivity contribution is -0.120. The van der Waals surface area contributed by atoms with Gasteiger partial charge in [-0.25, -0.2) is 34.5 Å². The van der Waals surface area contributed by atoms with Gasteiger partial charge in [0.05, 0.1) is 92.6 Å². The molecular weight excluding hydrogens is 1810 g/mol. The lowest BCUT2D eigenvalue weighted by atomic mass is 10.0. The van der Waals surface area contributed by atoms with E-state index >= 15 is 0 Å². The number of carbonyl (C=O) groups excluding carboxylic acids is 4. The third-order valence-corrected chi connectivity index (χ3v) is 21.1. The normalized spacial score (nSPS) is 12.0. The minimum atomic E-state index is -0.632. The number of urea groups is 2. The molecule has 0 bridgehead atoms. The fourth-order valence-corrected chi connectivity index (χ4v) is 14.4. The largest absolute Gasteiger partial charge is 0.491 e. The number of anilines is 1. The smallest absolute Gasteiger partial charge is 0.312 e. The zero-order valence-electron chi connectivity index (χ0n) is 76.8. The van der Waals surface area contributed by atoms with Crippen molar-refractivity contribution in [2.24, 2.45) is 17.4 Å². The van der Waals surface area contributed by atoms with E-state index in [0.29, 0.717) is 124 Å². The van der Waals surface area contributed by atoms with Crippen LogP contribution < -0.4 is 81.7 Å². The van der Waals surface area contributed by atoms with Gasteiger partial charge in [0.1, 0.15) is 74.8 Å². The zero-order chi connectivity index (χ0) is 96.9. The first-order valence-electron chi connectivity index (χ1n) is 42.5. The molecule has 0 radical (unpaired) electrons. The first-order chi connectivity index (χ1) is 64.5. The van der Waals surface area contributed by atoms with E-state index in [2.05, 4.69) is 115 Å². The van der Waals surface area contributed by atoms with Crippen molar-refractivity contribution in [1.29, 1.82) is 0 Å². The first kappa shape index (κ1) is 100. The number of nitrogen functional groups attached to an aromatic ring is 1. The summed E-state index contributed by atoms with van der Waals surface area (Å²) in [5.74, 6) is 9.99. The van der Waals surface area contributed by atoms with E-state index in [-0.39, 0.29) is 60.3 Å². The molecule has 15 aromatic rings. The maximum Gasteiger partial charge on any atom is 0.312 e. The number of halogens is 1. The lowest BCUT2D eigenvalue weighted by Gasteiger charge is -2.10. The number of nitrogens with zero attached hydrogens (tertiary/aromatic N) is 11. The van der Waals surface area contributed by atoms with Gasteiger partial charge in [-0.15, -0.1) is 0 Å². The van der Waals surface area contributed by atoms with E-state index in [9.17, 15) is 19.2 Å². The molecule has 706 valence electrons. The summed E-state index contributed by atoms with van der Waals surface area (Å²) in [5, 5.41) is 35.8. The summed E-state index contributed by atoms with van der Waals surface area (Å²) < 4.78 is 72.0. The van der Waals surface area contributed by atoms with E-state index in [1.54, 1.807) is 112 Å². The van der Waals surface area contributed by atoms with Gasteiger partial charge >= 0.3 is 12.1 Å². The van der Waals surface area contributed by atoms with Gasteiger partial charge in [-0.2, -0.15) is 4.98 Å². The molecule has 135 heavy (non-hydrogen) atoms. The van der Waals surface area contributed by atoms with Crippen LogP contribution in [0.25, 0.3) is 54.4 Å². The highest BCUT2D eigenvalue weighted by atomic mass is 35.5. The lowest BCUT2D eigenvalue weighted by Crippen LogP contribution is -2.31. The summed E-state index contributed by atoms with van der Waals surface area (Å²) >= 11 is 10.0. The van der Waals surface area contributed by atoms with E-state index in [1.807, 2.05) is 154 Å². The third kappa shape index (κ3) is 31.8. The highest BCUT2D eigenvalue weighted by Gasteiger charge is 2.23. The SMILES string of the molecule is C=C(C)NC(C)c1nc(-c2cnc(Oc3ccc(N)c(Cl)c3)s2)no1.CC(=O)NC(C)c1cc(-c2cnc(Oc3ccc(CC(C)C)cc3)s2)no1.CC(=O)NC(C)c1cc(-c2cnc(Oc3ccc(OC(C)C)cc3)s2)no1.CC(C)Oc1ccc(Oc2ccc(-c3cc(C(C)NC(N)=O)on3)cc2)cc1.CC(C)Oc1ccc(Oc2ccc(-c3cc(C(C)NC(N)=O)on3)cn2)cn1. The van der Waals surface area contributed by atoms with Crippen LogP contribution in [0.2, 0.25) is 5.02 Å². The van der Waals surface area contributed by atoms with Crippen LogP contribution >= 0.6 is 45.6 Å². The molecule has 5 aromatic carbocycles. The molecule has 15 rings (SSSR count). The predicted octanol–water partition coefficient (Wildman–Crippen LogP) is 22.1. The van der Waals surface area contributed by atoms with Gasteiger partial charge in [-0.1, -0.05) is 104 Å². The van der Waals surface area contributed by atoms with Crippen molar-refractivity contribution < 1.29 is 79.7 Å². The highest BCUT2D eigenvalue weighted by Crippen LogP contribution is 2.39. The molecule has 0 spiro atoms. The Morgan fingerprint density at radius 1 is 0.385 bits per heavy atom. The average molecular weight is 1920 g/mol. The summed E-state index contributed by atoms with van der Waals surface area (Å²) in [6.45, 7) is 33.9. The Kier molecular flexibility index (Phi) is 35.9. The minimum absolute atomic E-state index is 0.0556. The molecule has 0 saturated carbocycles. The molecule has 10 aromatic heterocycles. The van der Waals surface area contributed by atoms with Crippen LogP contribution in [0.15, 0.2) is 230 Å². The van der Waals surface area contributed by atoms with Crippen molar-refractivity contribution in [2.75, 3.05) is 5.73 Å². The topological polar surface area (TPSA) is 488 Å². The van der Waals surface area contributed by atoms with Gasteiger partial charge in [0, 0.05) is 79.3 Å². The maximum atomic E-state index is 11.2. The molecule has 10 heterocycles. The molecular formula is C95H104ClN19O17S3. The van der Waals surface area contributed by atoms with Crippen LogP contribution in [-0.2, 0) is 16.0 Å². The molecule has 0 aliphatic rings. The van der Waals surface area contributed by atoms with Crippen LogP contribution in [0.1, 0.15) is 175 Å². The maximum absolute atomic E-state index is 11.2. The first-order valence-corrected chi connectivity index (χ1v) is 45.3. The number of nitrogens with two attached hydrogens (primary N) is 3. The zero-order valence-corrected chi connectivity index (χ0v) is 80.0. The van der Waals surface area contributed by atoms with Gasteiger partial charge in [-0.3, -0.25) is 9.59 Å². The standard InChI is InChI=1S/C21H23N3O4.C20H23N3O3S.C19H21N5O4.C19H21N3O4S.C16H16ClN5O2S/c1-13(2)26-16-8-10-18(11-9-16)27-17-6-4-15(5-7-17)19-12-20(28-24-19)14(3)23-21(22)25;1-12(2)9-15-5-7-16(8-6-15)25-20-21-11-19(27-20)17-10-18(26-23-17)13(3)22-14(4)24;1-11(2)26-17-7-5-14(10-22-17)27-18-6-4-13(9-21-18)15-8-16(28-24-15)12(3)23-19(20)25;1-11(2)24-14-5-7-15(8-6-14)25-19-20-10-18(27-19)16-9-17(26-22-16)12(3)21-13(4)23;1-8(2)20-9(3)15-21-14(22-24-15)13-7-19-16(25-13)23-10-4-5-12(18)11(17)6-10/h4-14H,1-3H3,(H3,22,23,25);5-8,10-13H,9H2,1-4H3,(H,22,24);4-12H,1-3H3,(H3,20,23,25);5-12H,1-4H3,(H,21,23);4-7,9,20H,1,18H2,2-3H3. The Bertz CT molecular complexity index is 6010. The van der Waals surface area contributed by atoms with Gasteiger partial charge in [0.2, 0.25) is 35.3 Å². The Morgan fingerprint density at radius 2 is 0.778 bits per heavy atom. The van der Waals surface area contributed by atoms with Crippen molar-refractivity contribution in [3.05, 3.63) is 247 Å². The second kappa shape index (κ2) is 48.3. The summed E-state index contributed by atoms with van der Waals surface area (Å²) in [7, 11) is 0. The van der Waals surface area contributed by atoms with Crippen LogP contribution in [0, 0.1) is 5.92 Å². The number of benzene rings is 5. The third-order valence-electron chi connectivity index (χ3n) is 18.1. The number of rotatable bonds is 34. The number of pyridine rings is 2. The van der Waals surface area contributed by atoms with Gasteiger partial charge in [0.25, 0.3) is 15.6 Å². The second-order valence-corrected chi connectivity index (χ2v) is 34.8. The van der Waals surface area contributed by atoms with Gasteiger partial charge in [-0.05, 0) is 210 Å². The Balaban J connectivity index is 0.000000162. The van der Waals surface area contributed by atoms with E-state index < -0.39 is 12.1 Å². The van der Waals surface area contributed by atoms with Crippen molar-refractivity contribution in [3.63, 3.8) is 0 Å². The number of hydrogen-bond donors (Lipinski definition) is 8. The predicted molar refractivity (Wildman–Crippen MR) is 511 cm³/mol. The number of aromatic nitrogens is 11. The molecule has 0 aliphatic carbocycles. The molecule has 5 unspecified atom stereocenters. The highest BCUT2D eigenvalue weighted by molar-refractivity contribution is 7.17. The van der Waals surface area contributed by atoms with Crippen LogP contribution in [0.4, 0.5) is 15.3 Å². The van der Waals surface area contributed by atoms with E-state index in [1.165, 1.54) is 53.4 Å². The number of allylic oxidation sites excluding steroid dienone is 1. The number of hydrogen-bond acceptors (Lipinski definition) is 33. The summed E-state index contributed by atoms with van der Waals surface area (Å²) in [6.07, 6.45) is 9.57. The van der Waals surface area contributed by atoms with Crippen LogP contribution in [0.5, 0.6) is 73.3 Å². The fraction of sp³-hybridized carbons (Fsp3) is 0.274. The molecule has 40 heteroatoms. The van der Waals surface area contributed by atoms with E-state index in [4.69, 9.17) is 89.3 Å². The summed E-state index contributed by atoms with van der Waals surface area (Å²) in [5.41, 5.74) is 22.7. The van der Waals surface area contributed by atoms with Crippen LogP contribution in [-0.4, -0.2) is 97.9 Å². The molecule has 11 N–H and O–H groups in total. The number of carbonyl (C=O) groups is 4. The summed E-state index contributed by atoms with van der Waals surface area (Å²) in [6, 6.07) is 47.0.